The number of carbonyl (C=O) groups excluding carboxylic acids is 1. The van der Waals surface area contributed by atoms with E-state index in [9.17, 15) is 4.79 Å². The average Bonchev–Trinajstić information content (AvgIpc) is 2.26. The fourth-order valence-electron chi connectivity index (χ4n) is 0.965. The summed E-state index contributed by atoms with van der Waals surface area (Å²) in [5.74, 6) is -0.369. The molecular formula is C11H13NO2. The van der Waals surface area contributed by atoms with E-state index in [0.29, 0.717) is 0 Å². The van der Waals surface area contributed by atoms with Crippen LogP contribution in [0.25, 0.3) is 6.08 Å². The van der Waals surface area contributed by atoms with Gasteiger partial charge in [-0.15, -0.1) is 0 Å². The lowest BCUT2D eigenvalue weighted by molar-refractivity contribution is -0.134. The Hall–Kier alpha value is -1.64. The van der Waals surface area contributed by atoms with Gasteiger partial charge in [0, 0.05) is 12.3 Å². The van der Waals surface area contributed by atoms with Crippen LogP contribution in [0, 0.1) is 0 Å². The van der Waals surface area contributed by atoms with Gasteiger partial charge in [-0.2, -0.15) is 0 Å². The molecule has 14 heavy (non-hydrogen) atoms. The van der Waals surface area contributed by atoms with E-state index in [1.54, 1.807) is 12.3 Å². The summed E-state index contributed by atoms with van der Waals surface area (Å²) in [6.07, 6.45) is 5.75. The molecule has 0 N–H and O–H groups in total. The predicted molar refractivity (Wildman–Crippen MR) is 54.7 cm³/mol. The van der Waals surface area contributed by atoms with Gasteiger partial charge < -0.3 is 4.74 Å². The van der Waals surface area contributed by atoms with E-state index in [4.69, 9.17) is 0 Å². The van der Waals surface area contributed by atoms with Crippen LogP contribution in [0.1, 0.15) is 18.2 Å². The number of rotatable bonds is 3. The van der Waals surface area contributed by atoms with Crippen molar-refractivity contribution in [3.05, 3.63) is 35.7 Å². The van der Waals surface area contributed by atoms with Crippen molar-refractivity contribution in [3.63, 3.8) is 0 Å². The summed E-state index contributed by atoms with van der Waals surface area (Å²) in [5.41, 5.74) is 1.94. The molecule has 74 valence electrons. The number of pyridine rings is 1. The minimum absolute atomic E-state index is 0.369. The van der Waals surface area contributed by atoms with Crippen molar-refractivity contribution < 1.29 is 9.53 Å². The lowest BCUT2D eigenvalue weighted by Gasteiger charge is -1.96. The van der Waals surface area contributed by atoms with Crippen molar-refractivity contribution in [2.45, 2.75) is 13.3 Å². The topological polar surface area (TPSA) is 39.2 Å². The highest BCUT2D eigenvalue weighted by atomic mass is 16.5. The van der Waals surface area contributed by atoms with Crippen LogP contribution in [0.3, 0.4) is 0 Å². The van der Waals surface area contributed by atoms with Crippen molar-refractivity contribution >= 4 is 12.0 Å². The Morgan fingerprint density at radius 1 is 1.57 bits per heavy atom. The monoisotopic (exact) mass is 191 g/mol. The zero-order valence-electron chi connectivity index (χ0n) is 8.36. The molecule has 0 atom stereocenters. The maximum Gasteiger partial charge on any atom is 0.330 e. The zero-order valence-corrected chi connectivity index (χ0v) is 8.36. The predicted octanol–water partition coefficient (Wildman–Crippen LogP) is 1.83. The van der Waals surface area contributed by atoms with E-state index in [1.165, 1.54) is 18.7 Å². The van der Waals surface area contributed by atoms with Crippen LogP contribution in [0.5, 0.6) is 0 Å². The van der Waals surface area contributed by atoms with Gasteiger partial charge >= 0.3 is 5.97 Å². The van der Waals surface area contributed by atoms with Crippen LogP contribution >= 0.6 is 0 Å². The summed E-state index contributed by atoms with van der Waals surface area (Å²) in [4.78, 5) is 14.9. The second kappa shape index (κ2) is 5.17. The molecule has 3 heteroatoms. The molecule has 1 rings (SSSR count). The number of carbonyl (C=O) groups is 1. The molecule has 0 saturated carbocycles. The van der Waals surface area contributed by atoms with Gasteiger partial charge in [0.25, 0.3) is 0 Å². The molecule has 0 aromatic carbocycles. The van der Waals surface area contributed by atoms with Gasteiger partial charge in [-0.3, -0.25) is 4.98 Å². The average molecular weight is 191 g/mol. The second-order valence-corrected chi connectivity index (χ2v) is 2.80. The van der Waals surface area contributed by atoms with Crippen molar-refractivity contribution in [2.24, 2.45) is 0 Å². The molecular weight excluding hydrogens is 178 g/mol. The van der Waals surface area contributed by atoms with Crippen molar-refractivity contribution in [2.75, 3.05) is 7.11 Å². The van der Waals surface area contributed by atoms with Gasteiger partial charge in [0.05, 0.1) is 12.8 Å². The second-order valence-electron chi connectivity index (χ2n) is 2.80. The SMILES string of the molecule is CCc1ccc(/C=C/C(=O)OC)nc1. The van der Waals surface area contributed by atoms with Crippen molar-refractivity contribution in [1.82, 2.24) is 4.98 Å². The first-order valence-electron chi connectivity index (χ1n) is 4.47. The number of aryl methyl sites for hydroxylation is 1. The molecule has 0 fully saturated rings. The van der Waals surface area contributed by atoms with E-state index in [1.807, 2.05) is 12.1 Å². The van der Waals surface area contributed by atoms with E-state index >= 15 is 0 Å². The molecule has 1 heterocycles. The third-order valence-corrected chi connectivity index (χ3v) is 1.85. The number of hydrogen-bond acceptors (Lipinski definition) is 3. The lowest BCUT2D eigenvalue weighted by atomic mass is 10.2. The fourth-order valence-corrected chi connectivity index (χ4v) is 0.965. The molecule has 1 aromatic rings. The Balaban J connectivity index is 2.68. The Labute approximate surface area is 83.4 Å². The Morgan fingerprint density at radius 2 is 2.36 bits per heavy atom. The first kappa shape index (κ1) is 10.4. The van der Waals surface area contributed by atoms with Gasteiger partial charge in [-0.05, 0) is 24.1 Å². The quantitative estimate of drug-likeness (QED) is 0.540. The van der Waals surface area contributed by atoms with Gasteiger partial charge in [-0.1, -0.05) is 13.0 Å². The highest BCUT2D eigenvalue weighted by molar-refractivity contribution is 5.86. The van der Waals surface area contributed by atoms with Crippen LogP contribution < -0.4 is 0 Å². The summed E-state index contributed by atoms with van der Waals surface area (Å²) in [6.45, 7) is 2.07. The van der Waals surface area contributed by atoms with Crippen LogP contribution in [0.4, 0.5) is 0 Å². The molecule has 0 radical (unpaired) electrons. The third-order valence-electron chi connectivity index (χ3n) is 1.85. The maximum absolute atomic E-state index is 10.8. The van der Waals surface area contributed by atoms with Crippen molar-refractivity contribution in [1.29, 1.82) is 0 Å². The van der Waals surface area contributed by atoms with Gasteiger partial charge in [0.2, 0.25) is 0 Å². The Bertz CT molecular complexity index is 328. The van der Waals surface area contributed by atoms with Gasteiger partial charge in [0.15, 0.2) is 0 Å². The van der Waals surface area contributed by atoms with Crippen molar-refractivity contribution in [3.8, 4) is 0 Å². The number of hydrogen-bond donors (Lipinski definition) is 0. The molecule has 1 aromatic heterocycles. The number of aromatic nitrogens is 1. The van der Waals surface area contributed by atoms with Crippen LogP contribution in [-0.2, 0) is 16.0 Å². The molecule has 0 unspecified atom stereocenters. The number of esters is 1. The first-order valence-corrected chi connectivity index (χ1v) is 4.47. The zero-order chi connectivity index (χ0) is 10.4. The minimum atomic E-state index is -0.369. The first-order chi connectivity index (χ1) is 6.76. The smallest absolute Gasteiger partial charge is 0.330 e. The largest absolute Gasteiger partial charge is 0.466 e. The van der Waals surface area contributed by atoms with Gasteiger partial charge in [-0.25, -0.2) is 4.79 Å². The number of ether oxygens (including phenoxy) is 1. The molecule has 3 nitrogen and oxygen atoms in total. The van der Waals surface area contributed by atoms with E-state index in [-0.39, 0.29) is 5.97 Å². The van der Waals surface area contributed by atoms with E-state index in [2.05, 4.69) is 16.6 Å². The standard InChI is InChI=1S/C11H13NO2/c1-3-9-4-5-10(12-8-9)6-7-11(13)14-2/h4-8H,3H2,1-2H3/b7-6+. The highest BCUT2D eigenvalue weighted by Gasteiger charge is 1.93. The van der Waals surface area contributed by atoms with Crippen LogP contribution in [0.2, 0.25) is 0 Å². The highest BCUT2D eigenvalue weighted by Crippen LogP contribution is 2.02. The fraction of sp³-hybridized carbons (Fsp3) is 0.273. The number of methoxy groups -OCH3 is 1. The lowest BCUT2D eigenvalue weighted by Crippen LogP contribution is -1.93. The normalized spacial score (nSPS) is 10.4. The van der Waals surface area contributed by atoms with Gasteiger partial charge in [0.1, 0.15) is 0 Å². The molecule has 0 amide bonds. The molecule has 0 aliphatic carbocycles. The molecule has 0 bridgehead atoms. The van der Waals surface area contributed by atoms with E-state index in [0.717, 1.165) is 12.1 Å². The summed E-state index contributed by atoms with van der Waals surface area (Å²) < 4.78 is 4.46. The van der Waals surface area contributed by atoms with E-state index < -0.39 is 0 Å². The molecule has 0 saturated heterocycles. The maximum atomic E-state index is 10.8. The summed E-state index contributed by atoms with van der Waals surface area (Å²) >= 11 is 0. The molecule has 0 aliphatic rings. The minimum Gasteiger partial charge on any atom is -0.466 e. The summed E-state index contributed by atoms with van der Waals surface area (Å²) in [5, 5.41) is 0. The summed E-state index contributed by atoms with van der Waals surface area (Å²) in [6, 6.07) is 3.86. The Morgan fingerprint density at radius 3 is 2.86 bits per heavy atom. The summed E-state index contributed by atoms with van der Waals surface area (Å²) in [7, 11) is 1.35. The van der Waals surface area contributed by atoms with Crippen LogP contribution in [0.15, 0.2) is 24.4 Å². The molecule has 0 spiro atoms. The third kappa shape index (κ3) is 3.01. The van der Waals surface area contributed by atoms with Crippen LogP contribution in [-0.4, -0.2) is 18.1 Å². The molecule has 0 aliphatic heterocycles. The Kier molecular flexibility index (Phi) is 3.85. The number of nitrogens with zero attached hydrogens (tertiary/aromatic N) is 1.